The molecule has 18 heavy (non-hydrogen) atoms. The van der Waals surface area contributed by atoms with Gasteiger partial charge in [-0.05, 0) is 29.5 Å². The number of hydrogen-bond acceptors (Lipinski definition) is 3. The van der Waals surface area contributed by atoms with Crippen LogP contribution in [0.1, 0.15) is 25.5 Å². The molecular formula is C12H16F3NOS. The molecule has 6 heteroatoms. The maximum Gasteiger partial charge on any atom is 0.446 e. The van der Waals surface area contributed by atoms with Gasteiger partial charge in [0, 0.05) is 16.9 Å². The molecule has 0 radical (unpaired) electrons. The first kappa shape index (κ1) is 15.3. The second-order valence-corrected chi connectivity index (χ2v) is 5.85. The number of aliphatic hydroxyl groups is 1. The van der Waals surface area contributed by atoms with E-state index < -0.39 is 17.0 Å². The van der Waals surface area contributed by atoms with E-state index in [2.05, 4.69) is 0 Å². The first-order valence-corrected chi connectivity index (χ1v) is 6.21. The molecule has 0 heterocycles. The highest BCUT2D eigenvalue weighted by molar-refractivity contribution is 8.00. The van der Waals surface area contributed by atoms with E-state index in [0.717, 1.165) is 0 Å². The van der Waals surface area contributed by atoms with E-state index in [1.807, 2.05) is 0 Å². The number of alkyl halides is 3. The van der Waals surface area contributed by atoms with Crippen LogP contribution in [0.2, 0.25) is 0 Å². The summed E-state index contributed by atoms with van der Waals surface area (Å²) < 4.78 is 36.4. The van der Waals surface area contributed by atoms with Gasteiger partial charge in [0.05, 0.1) is 6.10 Å². The number of aliphatic hydroxyl groups excluding tert-OH is 1. The Morgan fingerprint density at radius 3 is 2.11 bits per heavy atom. The molecule has 3 N–H and O–H groups in total. The highest BCUT2D eigenvalue weighted by atomic mass is 32.2. The van der Waals surface area contributed by atoms with E-state index in [-0.39, 0.29) is 23.2 Å². The van der Waals surface area contributed by atoms with Gasteiger partial charge in [0.25, 0.3) is 0 Å². The van der Waals surface area contributed by atoms with Crippen molar-refractivity contribution < 1.29 is 18.3 Å². The van der Waals surface area contributed by atoms with Gasteiger partial charge in [0.15, 0.2) is 0 Å². The minimum atomic E-state index is -4.29. The van der Waals surface area contributed by atoms with Crippen LogP contribution < -0.4 is 5.73 Å². The molecule has 0 bridgehead atoms. The van der Waals surface area contributed by atoms with Crippen LogP contribution in [-0.4, -0.2) is 17.2 Å². The van der Waals surface area contributed by atoms with Crippen molar-refractivity contribution in [2.75, 3.05) is 6.54 Å². The number of thioether (sulfide) groups is 1. The van der Waals surface area contributed by atoms with Crippen LogP contribution in [-0.2, 0) is 0 Å². The summed E-state index contributed by atoms with van der Waals surface area (Å²) in [5.74, 6) is 0. The zero-order chi connectivity index (χ0) is 14.0. The summed E-state index contributed by atoms with van der Waals surface area (Å²) in [5.41, 5.74) is 1.30. The van der Waals surface area contributed by atoms with E-state index in [9.17, 15) is 18.3 Å². The predicted octanol–water partition coefficient (Wildman–Crippen LogP) is 3.32. The maximum absolute atomic E-state index is 12.1. The zero-order valence-corrected chi connectivity index (χ0v) is 11.0. The maximum atomic E-state index is 12.1. The number of benzene rings is 1. The lowest BCUT2D eigenvalue weighted by atomic mass is 9.83. The summed E-state index contributed by atoms with van der Waals surface area (Å²) in [5, 5.41) is 10.1. The standard InChI is InChI=1S/C12H16F3NOS/c1-11(2,7-16)10(17)8-3-5-9(6-4-8)18-12(13,14)15/h3-6,10,17H,7,16H2,1-2H3. The highest BCUT2D eigenvalue weighted by Crippen LogP contribution is 2.38. The quantitative estimate of drug-likeness (QED) is 0.831. The molecule has 0 spiro atoms. The molecule has 0 fully saturated rings. The molecule has 0 aliphatic rings. The topological polar surface area (TPSA) is 46.2 Å². The Morgan fingerprint density at radius 1 is 1.22 bits per heavy atom. The second-order valence-electron chi connectivity index (χ2n) is 4.71. The highest BCUT2D eigenvalue weighted by Gasteiger charge is 2.30. The van der Waals surface area contributed by atoms with E-state index in [1.165, 1.54) is 24.3 Å². The van der Waals surface area contributed by atoms with Gasteiger partial charge >= 0.3 is 5.51 Å². The Morgan fingerprint density at radius 2 is 1.72 bits per heavy atom. The van der Waals surface area contributed by atoms with Gasteiger partial charge < -0.3 is 10.8 Å². The van der Waals surface area contributed by atoms with Crippen molar-refractivity contribution in [3.05, 3.63) is 29.8 Å². The van der Waals surface area contributed by atoms with Crippen molar-refractivity contribution in [2.24, 2.45) is 11.1 Å². The van der Waals surface area contributed by atoms with Gasteiger partial charge in [-0.3, -0.25) is 0 Å². The van der Waals surface area contributed by atoms with E-state index in [1.54, 1.807) is 13.8 Å². The Labute approximate surface area is 108 Å². The monoisotopic (exact) mass is 279 g/mol. The van der Waals surface area contributed by atoms with Gasteiger partial charge in [-0.15, -0.1) is 0 Å². The molecular weight excluding hydrogens is 263 g/mol. The van der Waals surface area contributed by atoms with Crippen molar-refractivity contribution in [1.82, 2.24) is 0 Å². The minimum absolute atomic E-state index is 0.101. The van der Waals surface area contributed by atoms with Gasteiger partial charge in [0.1, 0.15) is 0 Å². The third-order valence-corrected chi connectivity index (χ3v) is 3.44. The average Bonchev–Trinajstić information content (AvgIpc) is 2.27. The third-order valence-electron chi connectivity index (χ3n) is 2.70. The average molecular weight is 279 g/mol. The molecule has 0 saturated carbocycles. The number of halogens is 3. The summed E-state index contributed by atoms with van der Waals surface area (Å²) >= 11 is -0.172. The predicted molar refractivity (Wildman–Crippen MR) is 66.1 cm³/mol. The van der Waals surface area contributed by atoms with Crippen LogP contribution in [0, 0.1) is 5.41 Å². The van der Waals surface area contributed by atoms with Crippen molar-refractivity contribution >= 4 is 11.8 Å². The lowest BCUT2D eigenvalue weighted by Gasteiger charge is -2.29. The molecule has 2 nitrogen and oxygen atoms in total. The summed E-state index contributed by atoms with van der Waals surface area (Å²) in [4.78, 5) is 0.101. The molecule has 102 valence electrons. The molecule has 1 unspecified atom stereocenters. The zero-order valence-electron chi connectivity index (χ0n) is 10.2. The largest absolute Gasteiger partial charge is 0.446 e. The summed E-state index contributed by atoms with van der Waals surface area (Å²) in [7, 11) is 0. The van der Waals surface area contributed by atoms with E-state index in [4.69, 9.17) is 5.73 Å². The molecule has 0 saturated heterocycles. The molecule has 0 aliphatic heterocycles. The molecule has 1 rings (SSSR count). The smallest absolute Gasteiger partial charge is 0.388 e. The third kappa shape index (κ3) is 4.19. The first-order valence-electron chi connectivity index (χ1n) is 5.39. The van der Waals surface area contributed by atoms with Crippen LogP contribution in [0.25, 0.3) is 0 Å². The summed E-state index contributed by atoms with van der Waals surface area (Å²) in [6.45, 7) is 3.89. The van der Waals surface area contributed by atoms with Crippen LogP contribution in [0.15, 0.2) is 29.2 Å². The Bertz CT molecular complexity index is 389. The van der Waals surface area contributed by atoms with Crippen molar-refractivity contribution in [3.8, 4) is 0 Å². The summed E-state index contributed by atoms with van der Waals surface area (Å²) in [6, 6.07) is 5.69. The molecule has 1 aromatic carbocycles. The SMILES string of the molecule is CC(C)(CN)C(O)c1ccc(SC(F)(F)F)cc1. The molecule has 1 atom stereocenters. The van der Waals surface area contributed by atoms with Gasteiger partial charge in [-0.2, -0.15) is 13.2 Å². The van der Waals surface area contributed by atoms with E-state index in [0.29, 0.717) is 5.56 Å². The fourth-order valence-corrected chi connectivity index (χ4v) is 1.95. The first-order chi connectivity index (χ1) is 8.15. The van der Waals surface area contributed by atoms with E-state index >= 15 is 0 Å². The van der Waals surface area contributed by atoms with Crippen molar-refractivity contribution in [2.45, 2.75) is 30.4 Å². The van der Waals surface area contributed by atoms with Crippen LogP contribution in [0.4, 0.5) is 13.2 Å². The Balaban J connectivity index is 2.83. The van der Waals surface area contributed by atoms with Gasteiger partial charge in [-0.25, -0.2) is 0 Å². The number of nitrogens with two attached hydrogens (primary N) is 1. The lowest BCUT2D eigenvalue weighted by molar-refractivity contribution is -0.0328. The number of hydrogen-bond donors (Lipinski definition) is 2. The second kappa shape index (κ2) is 5.50. The van der Waals surface area contributed by atoms with Crippen LogP contribution in [0.5, 0.6) is 0 Å². The molecule has 0 aromatic heterocycles. The van der Waals surface area contributed by atoms with Crippen LogP contribution >= 0.6 is 11.8 Å². The normalized spacial score (nSPS) is 14.6. The number of rotatable bonds is 4. The summed E-state index contributed by atoms with van der Waals surface area (Å²) in [6.07, 6.45) is -0.799. The Kier molecular flexibility index (Phi) is 4.69. The van der Waals surface area contributed by atoms with Crippen molar-refractivity contribution in [3.63, 3.8) is 0 Å². The lowest BCUT2D eigenvalue weighted by Crippen LogP contribution is -2.30. The minimum Gasteiger partial charge on any atom is -0.388 e. The van der Waals surface area contributed by atoms with Crippen LogP contribution in [0.3, 0.4) is 0 Å². The Hall–Kier alpha value is -0.720. The van der Waals surface area contributed by atoms with Crippen molar-refractivity contribution in [1.29, 1.82) is 0 Å². The molecule has 0 amide bonds. The fraction of sp³-hybridized carbons (Fsp3) is 0.500. The van der Waals surface area contributed by atoms with Gasteiger partial charge in [-0.1, -0.05) is 26.0 Å². The molecule has 0 aliphatic carbocycles. The van der Waals surface area contributed by atoms with Gasteiger partial charge in [0.2, 0.25) is 0 Å². The molecule has 1 aromatic rings. The fourth-order valence-electron chi connectivity index (χ4n) is 1.41.